The maximum atomic E-state index is 13.8. The van der Waals surface area contributed by atoms with Crippen molar-refractivity contribution in [1.82, 2.24) is 10.2 Å². The van der Waals surface area contributed by atoms with Gasteiger partial charge in [0.15, 0.2) is 0 Å². The second-order valence-electron chi connectivity index (χ2n) is 10.5. The van der Waals surface area contributed by atoms with Crippen LogP contribution >= 0.6 is 0 Å². The molecule has 1 N–H and O–H groups in total. The highest BCUT2D eigenvalue weighted by atomic mass is 32.2. The zero-order valence-electron chi connectivity index (χ0n) is 23.2. The lowest BCUT2D eigenvalue weighted by atomic mass is 10.0. The van der Waals surface area contributed by atoms with Gasteiger partial charge in [0.1, 0.15) is 18.3 Å². The minimum Gasteiger partial charge on any atom is -0.497 e. The number of sulfonamides is 1. The van der Waals surface area contributed by atoms with Gasteiger partial charge in [-0.15, -0.1) is 0 Å². The molecule has 2 amide bonds. The number of amides is 2. The van der Waals surface area contributed by atoms with Gasteiger partial charge in [-0.2, -0.15) is 0 Å². The van der Waals surface area contributed by atoms with E-state index < -0.39 is 34.1 Å². The monoisotopic (exact) mass is 531 g/mol. The number of hydrogen-bond donors (Lipinski definition) is 1. The third-order valence-corrected chi connectivity index (χ3v) is 7.06. The standard InChI is InChI=1S/C28H41N3O5S/c1-9-25(27(33)29-28(4,5)6)30(18-21-10-16-24(36-7)17-11-21)26(32)19-31(37(8,34)35)23-14-12-22(13-15-23)20(2)3/h10-17,20,25H,9,18-19H2,1-8H3,(H,29,33)/t25-/m0/s1. The molecule has 2 rings (SSSR count). The lowest BCUT2D eigenvalue weighted by Crippen LogP contribution is -2.55. The molecule has 0 radical (unpaired) electrons. The number of anilines is 1. The van der Waals surface area contributed by atoms with Gasteiger partial charge in [-0.25, -0.2) is 8.42 Å². The fraction of sp³-hybridized carbons (Fsp3) is 0.500. The molecule has 0 aliphatic rings. The number of nitrogens with zero attached hydrogens (tertiary/aromatic N) is 2. The normalized spacial score (nSPS) is 12.7. The van der Waals surface area contributed by atoms with Crippen LogP contribution in [0, 0.1) is 0 Å². The second kappa shape index (κ2) is 12.4. The molecule has 0 saturated carbocycles. The molecule has 0 spiro atoms. The number of methoxy groups -OCH3 is 1. The van der Waals surface area contributed by atoms with Crippen LogP contribution in [0.3, 0.4) is 0 Å². The van der Waals surface area contributed by atoms with Crippen LogP contribution in [-0.2, 0) is 26.2 Å². The van der Waals surface area contributed by atoms with Crippen LogP contribution in [0.5, 0.6) is 5.75 Å². The molecule has 0 aliphatic heterocycles. The van der Waals surface area contributed by atoms with Crippen LogP contribution in [0.15, 0.2) is 48.5 Å². The molecule has 0 aromatic heterocycles. The van der Waals surface area contributed by atoms with Gasteiger partial charge in [0.25, 0.3) is 0 Å². The van der Waals surface area contributed by atoms with Gasteiger partial charge in [-0.3, -0.25) is 13.9 Å². The van der Waals surface area contributed by atoms with Crippen molar-refractivity contribution in [3.63, 3.8) is 0 Å². The van der Waals surface area contributed by atoms with E-state index in [4.69, 9.17) is 4.74 Å². The topological polar surface area (TPSA) is 96.0 Å². The molecule has 0 unspecified atom stereocenters. The Bertz CT molecular complexity index is 1150. The van der Waals surface area contributed by atoms with Crippen molar-refractivity contribution in [2.45, 2.75) is 72.0 Å². The van der Waals surface area contributed by atoms with Gasteiger partial charge in [-0.05, 0) is 68.5 Å². The molecule has 0 heterocycles. The first-order valence-corrected chi connectivity index (χ1v) is 14.3. The summed E-state index contributed by atoms with van der Waals surface area (Å²) in [6.07, 6.45) is 1.44. The Kier molecular flexibility index (Phi) is 10.1. The third kappa shape index (κ3) is 8.77. The molecule has 0 saturated heterocycles. The maximum absolute atomic E-state index is 13.8. The van der Waals surface area contributed by atoms with Crippen LogP contribution in [0.2, 0.25) is 0 Å². The first-order chi connectivity index (χ1) is 17.2. The SMILES string of the molecule is CC[C@@H](C(=O)NC(C)(C)C)N(Cc1ccc(OC)cc1)C(=O)CN(c1ccc(C(C)C)cc1)S(C)(=O)=O. The minimum atomic E-state index is -3.77. The summed E-state index contributed by atoms with van der Waals surface area (Å²) in [5.41, 5.74) is 1.77. The van der Waals surface area contributed by atoms with Crippen molar-refractivity contribution in [2.24, 2.45) is 0 Å². The highest BCUT2D eigenvalue weighted by molar-refractivity contribution is 7.92. The van der Waals surface area contributed by atoms with E-state index in [-0.39, 0.29) is 18.4 Å². The van der Waals surface area contributed by atoms with Crippen molar-refractivity contribution < 1.29 is 22.7 Å². The van der Waals surface area contributed by atoms with Gasteiger partial charge in [0.2, 0.25) is 21.8 Å². The predicted octanol–water partition coefficient (Wildman–Crippen LogP) is 4.31. The van der Waals surface area contributed by atoms with Crippen LogP contribution in [-0.4, -0.2) is 56.6 Å². The number of benzene rings is 2. The van der Waals surface area contributed by atoms with E-state index in [2.05, 4.69) is 19.2 Å². The predicted molar refractivity (Wildman–Crippen MR) is 148 cm³/mol. The average Bonchev–Trinajstić information content (AvgIpc) is 2.80. The number of carbonyl (C=O) groups is 2. The van der Waals surface area contributed by atoms with E-state index in [1.54, 1.807) is 31.4 Å². The fourth-order valence-corrected chi connectivity index (χ4v) is 4.79. The van der Waals surface area contributed by atoms with Crippen LogP contribution in [0.1, 0.15) is 65.0 Å². The lowest BCUT2D eigenvalue weighted by molar-refractivity contribution is -0.141. The third-order valence-electron chi connectivity index (χ3n) is 5.92. The second-order valence-corrected chi connectivity index (χ2v) is 12.5. The average molecular weight is 532 g/mol. The van der Waals surface area contributed by atoms with Crippen LogP contribution < -0.4 is 14.4 Å². The summed E-state index contributed by atoms with van der Waals surface area (Å²) in [5.74, 6) is 0.204. The van der Waals surface area contributed by atoms with Gasteiger partial charge in [-0.1, -0.05) is 45.0 Å². The Balaban J connectivity index is 2.45. The Morgan fingerprint density at radius 2 is 1.57 bits per heavy atom. The summed E-state index contributed by atoms with van der Waals surface area (Å²) < 4.78 is 31.8. The Morgan fingerprint density at radius 1 is 1.00 bits per heavy atom. The molecular formula is C28H41N3O5S. The van der Waals surface area contributed by atoms with Crippen LogP contribution in [0.4, 0.5) is 5.69 Å². The Labute approximate surface area is 222 Å². The zero-order chi connectivity index (χ0) is 28.0. The number of nitrogens with one attached hydrogen (secondary N) is 1. The molecule has 2 aromatic rings. The molecule has 0 aliphatic carbocycles. The van der Waals surface area contributed by atoms with Crippen molar-refractivity contribution in [2.75, 3.05) is 24.2 Å². The lowest BCUT2D eigenvalue weighted by Gasteiger charge is -2.34. The largest absolute Gasteiger partial charge is 0.497 e. The molecular weight excluding hydrogens is 490 g/mol. The summed E-state index contributed by atoms with van der Waals surface area (Å²) in [4.78, 5) is 28.4. The molecule has 9 heteroatoms. The summed E-state index contributed by atoms with van der Waals surface area (Å²) in [5, 5.41) is 2.96. The first kappa shape index (κ1) is 30.2. The van der Waals surface area contributed by atoms with Gasteiger partial charge >= 0.3 is 0 Å². The fourth-order valence-electron chi connectivity index (χ4n) is 3.94. The summed E-state index contributed by atoms with van der Waals surface area (Å²) in [6.45, 7) is 11.3. The molecule has 204 valence electrons. The molecule has 0 bridgehead atoms. The molecule has 2 aromatic carbocycles. The van der Waals surface area contributed by atoms with E-state index in [0.717, 1.165) is 21.7 Å². The van der Waals surface area contributed by atoms with Crippen molar-refractivity contribution >= 4 is 27.5 Å². The van der Waals surface area contributed by atoms with Gasteiger partial charge in [0.05, 0.1) is 19.1 Å². The number of ether oxygens (including phenoxy) is 1. The van der Waals surface area contributed by atoms with E-state index in [9.17, 15) is 18.0 Å². The van der Waals surface area contributed by atoms with Crippen molar-refractivity contribution in [3.05, 3.63) is 59.7 Å². The van der Waals surface area contributed by atoms with Crippen molar-refractivity contribution in [1.29, 1.82) is 0 Å². The quantitative estimate of drug-likeness (QED) is 0.466. The van der Waals surface area contributed by atoms with E-state index >= 15 is 0 Å². The zero-order valence-corrected chi connectivity index (χ0v) is 24.1. The van der Waals surface area contributed by atoms with Crippen molar-refractivity contribution in [3.8, 4) is 5.75 Å². The number of rotatable bonds is 11. The summed E-state index contributed by atoms with van der Waals surface area (Å²) >= 11 is 0. The number of hydrogen-bond acceptors (Lipinski definition) is 5. The maximum Gasteiger partial charge on any atom is 0.244 e. The molecule has 37 heavy (non-hydrogen) atoms. The summed E-state index contributed by atoms with van der Waals surface area (Å²) in [7, 11) is -2.20. The Hall–Kier alpha value is -3.07. The first-order valence-electron chi connectivity index (χ1n) is 12.5. The van der Waals surface area contributed by atoms with E-state index in [1.807, 2.05) is 52.0 Å². The summed E-state index contributed by atoms with van der Waals surface area (Å²) in [6, 6.07) is 13.6. The smallest absolute Gasteiger partial charge is 0.244 e. The van der Waals surface area contributed by atoms with Crippen LogP contribution in [0.25, 0.3) is 0 Å². The highest BCUT2D eigenvalue weighted by Crippen LogP contribution is 2.23. The highest BCUT2D eigenvalue weighted by Gasteiger charge is 2.33. The minimum absolute atomic E-state index is 0.142. The van der Waals surface area contributed by atoms with Gasteiger partial charge in [0, 0.05) is 12.1 Å². The van der Waals surface area contributed by atoms with E-state index in [1.165, 1.54) is 4.90 Å². The Morgan fingerprint density at radius 3 is 2.00 bits per heavy atom. The van der Waals surface area contributed by atoms with Gasteiger partial charge < -0.3 is 15.0 Å². The number of carbonyl (C=O) groups excluding carboxylic acids is 2. The molecule has 8 nitrogen and oxygen atoms in total. The molecule has 1 atom stereocenters. The van der Waals surface area contributed by atoms with E-state index in [0.29, 0.717) is 17.9 Å². The molecule has 0 fully saturated rings.